The first-order valence-electron chi connectivity index (χ1n) is 7.67. The van der Waals surface area contributed by atoms with Crippen LogP contribution >= 0.6 is 23.2 Å². The Morgan fingerprint density at radius 2 is 1.88 bits per heavy atom. The van der Waals surface area contributed by atoms with Crippen LogP contribution in [-0.4, -0.2) is 20.7 Å². The lowest BCUT2D eigenvalue weighted by molar-refractivity contribution is 0.0946. The molecule has 2 aromatic heterocycles. The monoisotopic (exact) mass is 374 g/mol. The Hall–Kier alpha value is -2.37. The molecule has 0 radical (unpaired) electrons. The second kappa shape index (κ2) is 7.25. The van der Waals surface area contributed by atoms with Crippen molar-refractivity contribution < 1.29 is 4.79 Å². The van der Waals surface area contributed by atoms with Gasteiger partial charge in [-0.25, -0.2) is 9.67 Å². The number of aromatic nitrogens is 3. The van der Waals surface area contributed by atoms with E-state index in [2.05, 4.69) is 15.4 Å². The lowest BCUT2D eigenvalue weighted by Crippen LogP contribution is -2.25. The van der Waals surface area contributed by atoms with Gasteiger partial charge in [-0.05, 0) is 43.7 Å². The summed E-state index contributed by atoms with van der Waals surface area (Å²) in [6, 6.07) is 12.6. The van der Waals surface area contributed by atoms with Crippen LogP contribution in [0.2, 0.25) is 10.0 Å². The van der Waals surface area contributed by atoms with Crippen molar-refractivity contribution in [3.8, 4) is 5.82 Å². The van der Waals surface area contributed by atoms with Crippen molar-refractivity contribution in [2.75, 3.05) is 0 Å². The Morgan fingerprint density at radius 3 is 2.56 bits per heavy atom. The van der Waals surface area contributed by atoms with Crippen molar-refractivity contribution in [1.29, 1.82) is 0 Å². The Labute approximate surface area is 155 Å². The summed E-state index contributed by atoms with van der Waals surface area (Å²) in [6.45, 7) is 4.12. The van der Waals surface area contributed by atoms with Gasteiger partial charge in [0.25, 0.3) is 5.91 Å². The lowest BCUT2D eigenvalue weighted by atomic mass is 10.2. The quantitative estimate of drug-likeness (QED) is 0.746. The van der Waals surface area contributed by atoms with E-state index >= 15 is 0 Å². The van der Waals surface area contributed by atoms with Gasteiger partial charge in [0, 0.05) is 17.3 Å². The van der Waals surface area contributed by atoms with Crippen LogP contribution in [0.5, 0.6) is 0 Å². The molecule has 3 rings (SSSR count). The zero-order valence-electron chi connectivity index (χ0n) is 13.8. The molecule has 0 aliphatic carbocycles. The summed E-state index contributed by atoms with van der Waals surface area (Å²) in [5.74, 6) is 0.172. The number of hydrogen-bond donors (Lipinski definition) is 1. The number of halogens is 2. The van der Waals surface area contributed by atoms with E-state index in [-0.39, 0.29) is 16.6 Å². The van der Waals surface area contributed by atoms with Gasteiger partial charge >= 0.3 is 0 Å². The Morgan fingerprint density at radius 1 is 1.12 bits per heavy atom. The van der Waals surface area contributed by atoms with E-state index in [1.54, 1.807) is 22.9 Å². The van der Waals surface area contributed by atoms with Crippen LogP contribution in [0.3, 0.4) is 0 Å². The van der Waals surface area contributed by atoms with Crippen LogP contribution in [0.1, 0.15) is 27.4 Å². The van der Waals surface area contributed by atoms with Gasteiger partial charge in [-0.2, -0.15) is 5.10 Å². The minimum atomic E-state index is -0.367. The molecule has 0 saturated carbocycles. The summed E-state index contributed by atoms with van der Waals surface area (Å²) in [5.41, 5.74) is 2.77. The van der Waals surface area contributed by atoms with Crippen LogP contribution in [-0.2, 0) is 6.54 Å². The number of pyridine rings is 1. The van der Waals surface area contributed by atoms with Gasteiger partial charge in [0.2, 0.25) is 0 Å². The number of rotatable bonds is 4. The molecule has 1 aromatic carbocycles. The Bertz CT molecular complexity index is 937. The fraction of sp³-hybridized carbons (Fsp3) is 0.167. The van der Waals surface area contributed by atoms with Gasteiger partial charge in [-0.1, -0.05) is 41.4 Å². The van der Waals surface area contributed by atoms with Crippen LogP contribution in [0.25, 0.3) is 5.82 Å². The summed E-state index contributed by atoms with van der Waals surface area (Å²) < 4.78 is 1.68. The fourth-order valence-corrected chi connectivity index (χ4v) is 2.86. The number of nitrogens with one attached hydrogen (secondary N) is 1. The number of amides is 1. The second-order valence-corrected chi connectivity index (χ2v) is 6.43. The normalized spacial score (nSPS) is 10.7. The first-order valence-corrected chi connectivity index (χ1v) is 8.43. The molecule has 0 atom stereocenters. The third-order valence-corrected chi connectivity index (χ3v) is 4.34. The predicted molar refractivity (Wildman–Crippen MR) is 98.5 cm³/mol. The molecule has 5 nitrogen and oxygen atoms in total. The van der Waals surface area contributed by atoms with Crippen molar-refractivity contribution in [3.05, 3.63) is 75.2 Å². The number of benzene rings is 1. The predicted octanol–water partition coefficient (Wildman–Crippen LogP) is 4.12. The van der Waals surface area contributed by atoms with Crippen LogP contribution < -0.4 is 5.32 Å². The molecule has 2 heterocycles. The summed E-state index contributed by atoms with van der Waals surface area (Å²) in [7, 11) is 0. The highest BCUT2D eigenvalue weighted by Gasteiger charge is 2.15. The van der Waals surface area contributed by atoms with E-state index in [0.29, 0.717) is 17.4 Å². The maximum atomic E-state index is 12.5. The van der Waals surface area contributed by atoms with Crippen LogP contribution in [0.15, 0.2) is 42.5 Å². The molecular weight excluding hydrogens is 359 g/mol. The standard InChI is InChI=1S/C18H16Cl2N4O/c1-11-9-12(2)24(23-11)16-8-7-15(20)17(22-16)18(25)21-10-13-5-3-4-6-14(13)19/h3-9H,10H2,1-2H3,(H,21,25). The fourth-order valence-electron chi connectivity index (χ4n) is 2.47. The summed E-state index contributed by atoms with van der Waals surface area (Å²) >= 11 is 12.3. The van der Waals surface area contributed by atoms with E-state index in [1.165, 1.54) is 0 Å². The van der Waals surface area contributed by atoms with Gasteiger partial charge in [0.1, 0.15) is 5.69 Å². The van der Waals surface area contributed by atoms with E-state index in [4.69, 9.17) is 23.2 Å². The maximum Gasteiger partial charge on any atom is 0.271 e. The van der Waals surface area contributed by atoms with Crippen molar-refractivity contribution in [2.45, 2.75) is 20.4 Å². The maximum absolute atomic E-state index is 12.5. The van der Waals surface area contributed by atoms with Crippen molar-refractivity contribution in [1.82, 2.24) is 20.1 Å². The summed E-state index contributed by atoms with van der Waals surface area (Å²) in [5, 5.41) is 8.05. The molecule has 0 saturated heterocycles. The number of carbonyl (C=O) groups excluding carboxylic acids is 1. The molecule has 0 bridgehead atoms. The van der Waals surface area contributed by atoms with Gasteiger partial charge in [0.15, 0.2) is 5.82 Å². The molecule has 0 unspecified atom stereocenters. The van der Waals surface area contributed by atoms with Crippen LogP contribution in [0, 0.1) is 13.8 Å². The molecule has 0 fully saturated rings. The first kappa shape index (κ1) is 17.5. The van der Waals surface area contributed by atoms with E-state index < -0.39 is 0 Å². The van der Waals surface area contributed by atoms with Crippen LogP contribution in [0.4, 0.5) is 0 Å². The molecule has 128 valence electrons. The molecule has 7 heteroatoms. The van der Waals surface area contributed by atoms with E-state index in [1.807, 2.05) is 38.1 Å². The van der Waals surface area contributed by atoms with Gasteiger partial charge in [-0.3, -0.25) is 4.79 Å². The zero-order chi connectivity index (χ0) is 18.0. The molecule has 0 aliphatic heterocycles. The highest BCUT2D eigenvalue weighted by atomic mass is 35.5. The minimum Gasteiger partial charge on any atom is -0.347 e. The molecular formula is C18H16Cl2N4O. The van der Waals surface area contributed by atoms with E-state index in [9.17, 15) is 4.79 Å². The zero-order valence-corrected chi connectivity index (χ0v) is 15.3. The average Bonchev–Trinajstić information content (AvgIpc) is 2.92. The number of hydrogen-bond acceptors (Lipinski definition) is 3. The molecule has 0 aliphatic rings. The summed E-state index contributed by atoms with van der Waals surface area (Å²) in [6.07, 6.45) is 0. The van der Waals surface area contributed by atoms with Crippen molar-refractivity contribution >= 4 is 29.1 Å². The minimum absolute atomic E-state index is 0.152. The third-order valence-electron chi connectivity index (χ3n) is 3.67. The second-order valence-electron chi connectivity index (χ2n) is 5.61. The van der Waals surface area contributed by atoms with Gasteiger partial charge < -0.3 is 5.32 Å². The largest absolute Gasteiger partial charge is 0.347 e. The smallest absolute Gasteiger partial charge is 0.271 e. The highest BCUT2D eigenvalue weighted by molar-refractivity contribution is 6.33. The number of nitrogens with zero attached hydrogens (tertiary/aromatic N) is 3. The highest BCUT2D eigenvalue weighted by Crippen LogP contribution is 2.19. The molecule has 3 aromatic rings. The average molecular weight is 375 g/mol. The van der Waals surface area contributed by atoms with Gasteiger partial charge in [-0.15, -0.1) is 0 Å². The van der Waals surface area contributed by atoms with Gasteiger partial charge in [0.05, 0.1) is 10.7 Å². The lowest BCUT2D eigenvalue weighted by Gasteiger charge is -2.10. The first-order chi connectivity index (χ1) is 12.0. The number of carbonyl (C=O) groups is 1. The molecule has 1 amide bonds. The topological polar surface area (TPSA) is 59.8 Å². The van der Waals surface area contributed by atoms with Crippen molar-refractivity contribution in [2.24, 2.45) is 0 Å². The SMILES string of the molecule is Cc1cc(C)n(-c2ccc(Cl)c(C(=O)NCc3ccccc3Cl)n2)n1. The molecule has 0 spiro atoms. The molecule has 25 heavy (non-hydrogen) atoms. The number of aryl methyl sites for hydroxylation is 2. The summed E-state index contributed by atoms with van der Waals surface area (Å²) in [4.78, 5) is 16.9. The van der Waals surface area contributed by atoms with Crippen molar-refractivity contribution in [3.63, 3.8) is 0 Å². The molecule has 1 N–H and O–H groups in total. The Kier molecular flexibility index (Phi) is 5.06. The Balaban J connectivity index is 1.84. The third kappa shape index (κ3) is 3.83. The van der Waals surface area contributed by atoms with E-state index in [0.717, 1.165) is 17.0 Å².